The van der Waals surface area contributed by atoms with E-state index >= 15 is 0 Å². The van der Waals surface area contributed by atoms with Crippen LogP contribution < -0.4 is 15.0 Å². The van der Waals surface area contributed by atoms with Gasteiger partial charge in [0.05, 0.1) is 11.5 Å². The number of carbonyl (C=O) groups is 1. The minimum atomic E-state index is -3.58. The van der Waals surface area contributed by atoms with Crippen LogP contribution in [0, 0.1) is 5.92 Å². The average Bonchev–Trinajstić information content (AvgIpc) is 2.78. The molecule has 1 aromatic heterocycles. The number of amides is 1. The van der Waals surface area contributed by atoms with E-state index in [-0.39, 0.29) is 16.7 Å². The lowest BCUT2D eigenvalue weighted by molar-refractivity contribution is -0.126. The quantitative estimate of drug-likeness (QED) is 0.669. The largest absolute Gasteiger partial charge is 0.494 e. The van der Waals surface area contributed by atoms with Gasteiger partial charge in [-0.25, -0.2) is 13.4 Å². The number of piperidine rings is 1. The van der Waals surface area contributed by atoms with E-state index in [0.29, 0.717) is 44.8 Å². The Kier molecular flexibility index (Phi) is 7.50. The summed E-state index contributed by atoms with van der Waals surface area (Å²) in [6.45, 7) is 3.44. The van der Waals surface area contributed by atoms with E-state index < -0.39 is 10.0 Å². The van der Waals surface area contributed by atoms with Gasteiger partial charge in [0, 0.05) is 51.4 Å². The van der Waals surface area contributed by atoms with Gasteiger partial charge in [-0.1, -0.05) is 6.07 Å². The molecule has 9 heteroatoms. The van der Waals surface area contributed by atoms with Gasteiger partial charge in [0.25, 0.3) is 0 Å². The van der Waals surface area contributed by atoms with Crippen LogP contribution in [0.5, 0.6) is 5.75 Å². The summed E-state index contributed by atoms with van der Waals surface area (Å²) in [5, 5.41) is 2.98. The third kappa shape index (κ3) is 5.54. The molecule has 0 atom stereocenters. The van der Waals surface area contributed by atoms with Crippen molar-refractivity contribution in [3.05, 3.63) is 48.2 Å². The van der Waals surface area contributed by atoms with Gasteiger partial charge >= 0.3 is 0 Å². The number of nitrogens with zero attached hydrogens (tertiary/aromatic N) is 3. The third-order valence-corrected chi connectivity index (χ3v) is 7.25. The fourth-order valence-electron chi connectivity index (χ4n) is 3.68. The highest BCUT2D eigenvalue weighted by molar-refractivity contribution is 7.89. The molecule has 0 saturated carbocycles. The molecule has 1 fully saturated rings. The Bertz CT molecular complexity index is 985. The van der Waals surface area contributed by atoms with Crippen molar-refractivity contribution in [3.63, 3.8) is 0 Å². The lowest BCUT2D eigenvalue weighted by Crippen LogP contribution is -2.42. The van der Waals surface area contributed by atoms with E-state index in [1.807, 2.05) is 38.1 Å². The number of rotatable bonds is 8. The standard InChI is InChI=1S/C22H30N4O4S/c1-4-30-19-7-9-20(10-8-19)31(28,29)26-14-11-17(12-15-26)22(27)24-16-18-6-5-13-23-21(18)25(2)3/h5-10,13,17H,4,11-12,14-16H2,1-3H3,(H,24,27). The summed E-state index contributed by atoms with van der Waals surface area (Å²) in [5.74, 6) is 1.21. The SMILES string of the molecule is CCOc1ccc(S(=O)(=O)N2CCC(C(=O)NCc3cccnc3N(C)C)CC2)cc1. The Morgan fingerprint density at radius 1 is 1.19 bits per heavy atom. The van der Waals surface area contributed by atoms with E-state index in [2.05, 4.69) is 10.3 Å². The predicted octanol–water partition coefficient (Wildman–Crippen LogP) is 2.26. The highest BCUT2D eigenvalue weighted by atomic mass is 32.2. The van der Waals surface area contributed by atoms with Crippen LogP contribution in [-0.2, 0) is 21.4 Å². The highest BCUT2D eigenvalue weighted by Gasteiger charge is 2.32. The van der Waals surface area contributed by atoms with Crippen molar-refractivity contribution in [1.82, 2.24) is 14.6 Å². The van der Waals surface area contributed by atoms with Gasteiger partial charge in [0.1, 0.15) is 11.6 Å². The van der Waals surface area contributed by atoms with Gasteiger partial charge < -0.3 is 15.0 Å². The van der Waals surface area contributed by atoms with Crippen molar-refractivity contribution in [2.75, 3.05) is 38.7 Å². The normalized spacial score (nSPS) is 15.5. The molecule has 1 aliphatic heterocycles. The van der Waals surface area contributed by atoms with Crippen LogP contribution in [0.3, 0.4) is 0 Å². The summed E-state index contributed by atoms with van der Waals surface area (Å²) >= 11 is 0. The number of nitrogens with one attached hydrogen (secondary N) is 1. The first-order valence-corrected chi connectivity index (χ1v) is 11.9. The summed E-state index contributed by atoms with van der Waals surface area (Å²) in [6, 6.07) is 10.2. The number of carbonyl (C=O) groups excluding carboxylic acids is 1. The number of ether oxygens (including phenoxy) is 1. The Hall–Kier alpha value is -2.65. The molecule has 2 heterocycles. The highest BCUT2D eigenvalue weighted by Crippen LogP contribution is 2.25. The van der Waals surface area contributed by atoms with Crippen LogP contribution in [0.25, 0.3) is 0 Å². The maximum absolute atomic E-state index is 12.9. The zero-order valence-corrected chi connectivity index (χ0v) is 19.1. The van der Waals surface area contributed by atoms with E-state index in [1.165, 1.54) is 4.31 Å². The second-order valence-electron chi connectivity index (χ2n) is 7.68. The minimum absolute atomic E-state index is 0.0494. The molecule has 1 saturated heterocycles. The molecule has 1 aliphatic rings. The molecule has 0 bridgehead atoms. The molecule has 3 rings (SSSR count). The summed E-state index contributed by atoms with van der Waals surface area (Å²) in [7, 11) is 0.241. The number of pyridine rings is 1. The molecule has 8 nitrogen and oxygen atoms in total. The monoisotopic (exact) mass is 446 g/mol. The summed E-state index contributed by atoms with van der Waals surface area (Å²) in [5.41, 5.74) is 0.941. The minimum Gasteiger partial charge on any atom is -0.494 e. The molecular formula is C22H30N4O4S. The molecular weight excluding hydrogens is 416 g/mol. The molecule has 0 radical (unpaired) electrons. The number of sulfonamides is 1. The summed E-state index contributed by atoms with van der Waals surface area (Å²) in [6.07, 6.45) is 2.71. The fraction of sp³-hybridized carbons (Fsp3) is 0.455. The van der Waals surface area contributed by atoms with Crippen LogP contribution in [0.2, 0.25) is 0 Å². The van der Waals surface area contributed by atoms with Crippen molar-refractivity contribution in [3.8, 4) is 5.75 Å². The number of anilines is 1. The first-order valence-electron chi connectivity index (χ1n) is 10.4. The molecule has 168 valence electrons. The van der Waals surface area contributed by atoms with Crippen LogP contribution in [-0.4, -0.2) is 57.4 Å². The molecule has 0 spiro atoms. The average molecular weight is 447 g/mol. The molecule has 2 aromatic rings. The van der Waals surface area contributed by atoms with Gasteiger partial charge in [0.15, 0.2) is 0 Å². The molecule has 1 aromatic carbocycles. The molecule has 1 amide bonds. The van der Waals surface area contributed by atoms with E-state index in [1.54, 1.807) is 30.5 Å². The zero-order valence-electron chi connectivity index (χ0n) is 18.2. The lowest BCUT2D eigenvalue weighted by Gasteiger charge is -2.30. The maximum atomic E-state index is 12.9. The molecule has 0 aliphatic carbocycles. The topological polar surface area (TPSA) is 91.8 Å². The second kappa shape index (κ2) is 10.1. The lowest BCUT2D eigenvalue weighted by atomic mass is 9.97. The number of hydrogen-bond donors (Lipinski definition) is 1. The van der Waals surface area contributed by atoms with Gasteiger partial charge in [-0.3, -0.25) is 4.79 Å². The van der Waals surface area contributed by atoms with E-state index in [9.17, 15) is 13.2 Å². The van der Waals surface area contributed by atoms with Crippen molar-refractivity contribution in [2.24, 2.45) is 5.92 Å². The van der Waals surface area contributed by atoms with E-state index in [0.717, 1.165) is 11.4 Å². The predicted molar refractivity (Wildman–Crippen MR) is 120 cm³/mol. The fourth-order valence-corrected chi connectivity index (χ4v) is 5.15. The Morgan fingerprint density at radius 3 is 2.48 bits per heavy atom. The Balaban J connectivity index is 1.55. The van der Waals surface area contributed by atoms with Crippen molar-refractivity contribution < 1.29 is 17.9 Å². The summed E-state index contributed by atoms with van der Waals surface area (Å²) < 4.78 is 32.7. The molecule has 0 unspecified atom stereocenters. The molecule has 31 heavy (non-hydrogen) atoms. The van der Waals surface area contributed by atoms with Crippen LogP contribution in [0.1, 0.15) is 25.3 Å². The Morgan fingerprint density at radius 2 is 1.87 bits per heavy atom. The Labute approximate surface area is 184 Å². The van der Waals surface area contributed by atoms with Gasteiger partial charge in [-0.15, -0.1) is 0 Å². The third-order valence-electron chi connectivity index (χ3n) is 5.34. The van der Waals surface area contributed by atoms with Gasteiger partial charge in [-0.05, 0) is 50.1 Å². The zero-order chi connectivity index (χ0) is 22.4. The number of benzene rings is 1. The van der Waals surface area contributed by atoms with Crippen LogP contribution in [0.15, 0.2) is 47.5 Å². The first-order chi connectivity index (χ1) is 14.8. The second-order valence-corrected chi connectivity index (χ2v) is 9.62. The van der Waals surface area contributed by atoms with Gasteiger partial charge in [0.2, 0.25) is 15.9 Å². The van der Waals surface area contributed by atoms with E-state index in [4.69, 9.17) is 4.74 Å². The van der Waals surface area contributed by atoms with Crippen LogP contribution in [0.4, 0.5) is 5.82 Å². The number of hydrogen-bond acceptors (Lipinski definition) is 6. The number of aromatic nitrogens is 1. The first kappa shape index (κ1) is 23.0. The smallest absolute Gasteiger partial charge is 0.243 e. The van der Waals surface area contributed by atoms with Crippen LogP contribution >= 0.6 is 0 Å². The summed E-state index contributed by atoms with van der Waals surface area (Å²) in [4.78, 5) is 19.1. The van der Waals surface area contributed by atoms with Crippen molar-refractivity contribution in [1.29, 1.82) is 0 Å². The maximum Gasteiger partial charge on any atom is 0.243 e. The van der Waals surface area contributed by atoms with Crippen molar-refractivity contribution in [2.45, 2.75) is 31.2 Å². The molecule has 1 N–H and O–H groups in total. The van der Waals surface area contributed by atoms with Crippen molar-refractivity contribution >= 4 is 21.7 Å². The van der Waals surface area contributed by atoms with Gasteiger partial charge in [-0.2, -0.15) is 4.31 Å².